The van der Waals surface area contributed by atoms with Crippen molar-refractivity contribution in [2.75, 3.05) is 19.6 Å². The molecule has 2 atom stereocenters. The number of carbonyl (C=O) groups is 1. The summed E-state index contributed by atoms with van der Waals surface area (Å²) in [6.45, 7) is 2.94. The molecule has 1 aliphatic carbocycles. The van der Waals surface area contributed by atoms with E-state index in [1.807, 2.05) is 4.90 Å². The molecule has 2 bridgehead atoms. The highest BCUT2D eigenvalue weighted by Gasteiger charge is 2.32. The van der Waals surface area contributed by atoms with Crippen molar-refractivity contribution in [2.45, 2.75) is 50.6 Å². The maximum Gasteiger partial charge on any atom is 0.317 e. The highest BCUT2D eigenvalue weighted by atomic mass is 16.2. The molecule has 0 radical (unpaired) electrons. The largest absolute Gasteiger partial charge is 0.335 e. The molecule has 4 nitrogen and oxygen atoms in total. The lowest BCUT2D eigenvalue weighted by atomic mass is 9.97. The molecule has 0 aromatic rings. The first-order valence-electron chi connectivity index (χ1n) is 7.10. The van der Waals surface area contributed by atoms with E-state index in [0.717, 1.165) is 19.6 Å². The predicted molar refractivity (Wildman–Crippen MR) is 66.9 cm³/mol. The van der Waals surface area contributed by atoms with Gasteiger partial charge in [-0.25, -0.2) is 4.79 Å². The van der Waals surface area contributed by atoms with Crippen molar-refractivity contribution in [3.63, 3.8) is 0 Å². The summed E-state index contributed by atoms with van der Waals surface area (Å²) >= 11 is 0. The van der Waals surface area contributed by atoms with E-state index in [9.17, 15) is 4.79 Å². The van der Waals surface area contributed by atoms with Crippen LogP contribution < -0.4 is 10.6 Å². The minimum atomic E-state index is 0.178. The first-order valence-corrected chi connectivity index (χ1v) is 7.10. The van der Waals surface area contributed by atoms with Gasteiger partial charge in [-0.2, -0.15) is 0 Å². The second kappa shape index (κ2) is 4.84. The highest BCUT2D eigenvalue weighted by molar-refractivity contribution is 5.74. The Bertz CT molecular complexity index is 266. The minimum absolute atomic E-state index is 0.178. The van der Waals surface area contributed by atoms with Crippen LogP contribution in [-0.4, -0.2) is 42.6 Å². The number of hydrogen-bond acceptors (Lipinski definition) is 2. The zero-order valence-corrected chi connectivity index (χ0v) is 10.5. The van der Waals surface area contributed by atoms with Crippen molar-refractivity contribution in [1.29, 1.82) is 0 Å². The van der Waals surface area contributed by atoms with Gasteiger partial charge in [-0.15, -0.1) is 0 Å². The number of rotatable bonds is 1. The quantitative estimate of drug-likeness (QED) is 0.722. The number of piperidine rings is 1. The van der Waals surface area contributed by atoms with Crippen molar-refractivity contribution >= 4 is 6.03 Å². The molecule has 2 N–H and O–H groups in total. The molecule has 0 spiro atoms. The normalized spacial score (nSPS) is 33.8. The molecule has 0 aromatic carbocycles. The Balaban J connectivity index is 1.57. The predicted octanol–water partition coefficient (Wildman–Crippen LogP) is 1.32. The molecule has 4 heteroatoms. The van der Waals surface area contributed by atoms with Crippen LogP contribution >= 0.6 is 0 Å². The van der Waals surface area contributed by atoms with E-state index >= 15 is 0 Å². The van der Waals surface area contributed by atoms with E-state index in [0.29, 0.717) is 18.0 Å². The van der Waals surface area contributed by atoms with E-state index in [1.165, 1.54) is 38.5 Å². The number of urea groups is 1. The molecule has 1 saturated carbocycles. The van der Waals surface area contributed by atoms with Gasteiger partial charge in [0.2, 0.25) is 0 Å². The Morgan fingerprint density at radius 2 is 1.94 bits per heavy atom. The topological polar surface area (TPSA) is 44.4 Å². The lowest BCUT2D eigenvalue weighted by Gasteiger charge is -2.24. The molecule has 0 aromatic heterocycles. The van der Waals surface area contributed by atoms with Crippen LogP contribution in [0.1, 0.15) is 38.5 Å². The molecule has 4 aliphatic rings. The molecule has 3 heterocycles. The van der Waals surface area contributed by atoms with Crippen LogP contribution in [0.15, 0.2) is 0 Å². The van der Waals surface area contributed by atoms with Gasteiger partial charge in [-0.3, -0.25) is 0 Å². The summed E-state index contributed by atoms with van der Waals surface area (Å²) in [6.07, 6.45) is 7.41. The molecule has 4 fully saturated rings. The third kappa shape index (κ3) is 2.57. The van der Waals surface area contributed by atoms with Gasteiger partial charge in [0.1, 0.15) is 0 Å². The van der Waals surface area contributed by atoms with Gasteiger partial charge in [0.05, 0.1) is 0 Å². The number of amides is 2. The molecule has 2 unspecified atom stereocenters. The van der Waals surface area contributed by atoms with E-state index in [-0.39, 0.29) is 6.03 Å². The van der Waals surface area contributed by atoms with E-state index in [4.69, 9.17) is 0 Å². The van der Waals surface area contributed by atoms with Gasteiger partial charge in [0.15, 0.2) is 0 Å². The third-order valence-corrected chi connectivity index (χ3v) is 4.51. The molecule has 2 amide bonds. The number of hydrogen-bond donors (Lipinski definition) is 2. The van der Waals surface area contributed by atoms with Crippen molar-refractivity contribution in [3.8, 4) is 0 Å². The molecular weight excluding hydrogens is 214 g/mol. The van der Waals surface area contributed by atoms with Crippen molar-refractivity contribution < 1.29 is 4.79 Å². The fourth-order valence-electron chi connectivity index (χ4n) is 3.44. The minimum Gasteiger partial charge on any atom is -0.335 e. The van der Waals surface area contributed by atoms with E-state index in [2.05, 4.69) is 10.6 Å². The molecule has 17 heavy (non-hydrogen) atoms. The summed E-state index contributed by atoms with van der Waals surface area (Å²) < 4.78 is 0. The van der Waals surface area contributed by atoms with Crippen molar-refractivity contribution in [1.82, 2.24) is 15.5 Å². The van der Waals surface area contributed by atoms with Crippen molar-refractivity contribution in [2.24, 2.45) is 5.92 Å². The van der Waals surface area contributed by atoms with Gasteiger partial charge >= 0.3 is 6.03 Å². The SMILES string of the molecule is O=C(NC1CCCC1)N1CC2CCC(C1)NC2. The Morgan fingerprint density at radius 3 is 2.65 bits per heavy atom. The zero-order chi connectivity index (χ0) is 11.7. The fourth-order valence-corrected chi connectivity index (χ4v) is 3.44. The smallest absolute Gasteiger partial charge is 0.317 e. The average Bonchev–Trinajstić information content (AvgIpc) is 2.65. The molecular formula is C13H23N3O. The number of fused-ring (bicyclic) bond motifs is 4. The van der Waals surface area contributed by atoms with Crippen LogP contribution in [0.5, 0.6) is 0 Å². The van der Waals surface area contributed by atoms with Crippen molar-refractivity contribution in [3.05, 3.63) is 0 Å². The Kier molecular flexibility index (Phi) is 3.23. The number of nitrogens with one attached hydrogen (secondary N) is 2. The fraction of sp³-hybridized carbons (Fsp3) is 0.923. The van der Waals surface area contributed by atoms with Crippen LogP contribution in [0, 0.1) is 5.92 Å². The maximum atomic E-state index is 12.2. The van der Waals surface area contributed by atoms with Crippen LogP contribution in [0.2, 0.25) is 0 Å². The van der Waals surface area contributed by atoms with Crippen LogP contribution in [0.3, 0.4) is 0 Å². The van der Waals surface area contributed by atoms with Gasteiger partial charge in [-0.1, -0.05) is 12.8 Å². The summed E-state index contributed by atoms with van der Waals surface area (Å²) in [5.74, 6) is 0.670. The monoisotopic (exact) mass is 237 g/mol. The van der Waals surface area contributed by atoms with E-state index in [1.54, 1.807) is 0 Å². The summed E-state index contributed by atoms with van der Waals surface area (Å²) in [6, 6.07) is 1.15. The van der Waals surface area contributed by atoms with Gasteiger partial charge in [0.25, 0.3) is 0 Å². The van der Waals surface area contributed by atoms with E-state index < -0.39 is 0 Å². The Hall–Kier alpha value is -0.770. The summed E-state index contributed by atoms with van der Waals surface area (Å²) in [5.41, 5.74) is 0. The zero-order valence-electron chi connectivity index (χ0n) is 10.5. The lowest BCUT2D eigenvalue weighted by Crippen LogP contribution is -2.47. The highest BCUT2D eigenvalue weighted by Crippen LogP contribution is 2.22. The lowest BCUT2D eigenvalue weighted by molar-refractivity contribution is 0.191. The Morgan fingerprint density at radius 1 is 1.12 bits per heavy atom. The maximum absolute atomic E-state index is 12.2. The standard InChI is InChI=1S/C13H23N3O/c17-13(15-11-3-1-2-4-11)16-8-10-5-6-12(9-16)14-7-10/h10-12,14H,1-9H2,(H,15,17). The van der Waals surface area contributed by atoms with Crippen LogP contribution in [-0.2, 0) is 0 Å². The first-order chi connectivity index (χ1) is 8.31. The summed E-state index contributed by atoms with van der Waals surface area (Å²) in [5, 5.41) is 6.74. The molecule has 3 aliphatic heterocycles. The molecule has 3 saturated heterocycles. The van der Waals surface area contributed by atoms with Gasteiger partial charge in [-0.05, 0) is 38.1 Å². The Labute approximate surface area is 103 Å². The summed E-state index contributed by atoms with van der Waals surface area (Å²) in [4.78, 5) is 14.3. The first kappa shape index (κ1) is 11.3. The second-order valence-corrected chi connectivity index (χ2v) is 5.88. The molecule has 4 rings (SSSR count). The van der Waals surface area contributed by atoms with Gasteiger partial charge < -0.3 is 15.5 Å². The number of carbonyl (C=O) groups excluding carboxylic acids is 1. The van der Waals surface area contributed by atoms with Crippen LogP contribution in [0.25, 0.3) is 0 Å². The summed E-state index contributed by atoms with van der Waals surface area (Å²) in [7, 11) is 0. The van der Waals surface area contributed by atoms with Gasteiger partial charge in [0, 0.05) is 25.2 Å². The van der Waals surface area contributed by atoms with Crippen LogP contribution in [0.4, 0.5) is 4.79 Å². The second-order valence-electron chi connectivity index (χ2n) is 5.88. The average molecular weight is 237 g/mol. The molecule has 96 valence electrons. The number of nitrogens with zero attached hydrogens (tertiary/aromatic N) is 1. The third-order valence-electron chi connectivity index (χ3n) is 4.51.